The summed E-state index contributed by atoms with van der Waals surface area (Å²) in [7, 11) is 0. The summed E-state index contributed by atoms with van der Waals surface area (Å²) in [6.07, 6.45) is 2.23. The molecule has 2 saturated heterocycles. The van der Waals surface area contributed by atoms with E-state index in [0.717, 1.165) is 32.5 Å². The van der Waals surface area contributed by atoms with Crippen LogP contribution in [-0.4, -0.2) is 30.4 Å². The van der Waals surface area contributed by atoms with E-state index in [1.807, 2.05) is 0 Å². The van der Waals surface area contributed by atoms with E-state index in [-0.39, 0.29) is 24.4 Å². The summed E-state index contributed by atoms with van der Waals surface area (Å²) in [6, 6.07) is 6.77. The Morgan fingerprint density at radius 3 is 2.68 bits per heavy atom. The lowest BCUT2D eigenvalue weighted by molar-refractivity contribution is -0.138. The van der Waals surface area contributed by atoms with Gasteiger partial charge in [-0.2, -0.15) is 0 Å². The topological polar surface area (TPSA) is 32.3 Å². The number of aryl methyl sites for hydroxylation is 1. The average Bonchev–Trinajstić information content (AvgIpc) is 2.88. The van der Waals surface area contributed by atoms with Crippen molar-refractivity contribution in [3.05, 3.63) is 34.9 Å². The number of nitrogens with zero attached hydrogens (tertiary/aromatic N) is 1. The highest BCUT2D eigenvalue weighted by molar-refractivity contribution is 5.85. The molecule has 0 spiro atoms. The zero-order chi connectivity index (χ0) is 15.0. The van der Waals surface area contributed by atoms with E-state index in [0.29, 0.717) is 11.8 Å². The number of halogens is 1. The molecule has 2 unspecified atom stereocenters. The molecule has 2 aliphatic heterocycles. The highest BCUT2D eigenvalue weighted by Crippen LogP contribution is 2.36. The number of hydrogen-bond donors (Lipinski definition) is 1. The highest BCUT2D eigenvalue weighted by Gasteiger charge is 2.37. The summed E-state index contributed by atoms with van der Waals surface area (Å²) in [4.78, 5) is 15.0. The molecule has 1 amide bonds. The zero-order valence-electron chi connectivity index (χ0n) is 13.8. The van der Waals surface area contributed by atoms with Gasteiger partial charge in [0.15, 0.2) is 0 Å². The first-order valence-electron chi connectivity index (χ1n) is 8.17. The number of likely N-dealkylation sites (tertiary alicyclic amines) is 1. The standard InChI is InChI=1S/C18H26N2O.ClH/c1-12-6-4-7-16(13(12)2)17-8-5-9-20(17)18(21)14(3)15-10-19-11-15;/h4,6-7,14-15,17,19H,5,8-11H2,1-3H3;1H. The molecule has 22 heavy (non-hydrogen) atoms. The van der Waals surface area contributed by atoms with Crippen molar-refractivity contribution in [2.75, 3.05) is 19.6 Å². The molecule has 2 aliphatic rings. The van der Waals surface area contributed by atoms with Crippen LogP contribution in [0.5, 0.6) is 0 Å². The average molecular weight is 323 g/mol. The van der Waals surface area contributed by atoms with Crippen LogP contribution in [0.15, 0.2) is 18.2 Å². The van der Waals surface area contributed by atoms with Crippen molar-refractivity contribution in [3.8, 4) is 0 Å². The predicted octanol–water partition coefficient (Wildman–Crippen LogP) is 3.24. The Labute approximate surface area is 139 Å². The quantitative estimate of drug-likeness (QED) is 0.926. The van der Waals surface area contributed by atoms with E-state index >= 15 is 0 Å². The van der Waals surface area contributed by atoms with Crippen LogP contribution in [-0.2, 0) is 4.79 Å². The fourth-order valence-electron chi connectivity index (χ4n) is 3.62. The van der Waals surface area contributed by atoms with Gasteiger partial charge >= 0.3 is 0 Å². The number of carbonyl (C=O) groups is 1. The number of carbonyl (C=O) groups excluding carboxylic acids is 1. The molecule has 0 aliphatic carbocycles. The first kappa shape index (κ1) is 17.3. The van der Waals surface area contributed by atoms with Crippen molar-refractivity contribution in [1.82, 2.24) is 10.2 Å². The van der Waals surface area contributed by atoms with Crippen molar-refractivity contribution in [3.63, 3.8) is 0 Å². The second kappa shape index (κ2) is 7.01. The van der Waals surface area contributed by atoms with Crippen molar-refractivity contribution in [2.24, 2.45) is 11.8 Å². The summed E-state index contributed by atoms with van der Waals surface area (Å²) in [5, 5.41) is 3.28. The van der Waals surface area contributed by atoms with Crippen molar-refractivity contribution in [1.29, 1.82) is 0 Å². The van der Waals surface area contributed by atoms with E-state index in [4.69, 9.17) is 0 Å². The highest BCUT2D eigenvalue weighted by atomic mass is 35.5. The number of amides is 1. The van der Waals surface area contributed by atoms with Crippen LogP contribution >= 0.6 is 12.4 Å². The maximum absolute atomic E-state index is 12.9. The predicted molar refractivity (Wildman–Crippen MR) is 92.4 cm³/mol. The van der Waals surface area contributed by atoms with E-state index in [1.54, 1.807) is 0 Å². The third kappa shape index (κ3) is 3.02. The van der Waals surface area contributed by atoms with Gasteiger partial charge in [0.2, 0.25) is 5.91 Å². The fourth-order valence-corrected chi connectivity index (χ4v) is 3.62. The molecular weight excluding hydrogens is 296 g/mol. The van der Waals surface area contributed by atoms with Gasteiger partial charge in [-0.1, -0.05) is 25.1 Å². The van der Waals surface area contributed by atoms with E-state index < -0.39 is 0 Å². The van der Waals surface area contributed by atoms with E-state index in [1.165, 1.54) is 16.7 Å². The smallest absolute Gasteiger partial charge is 0.226 e. The molecule has 0 bridgehead atoms. The minimum atomic E-state index is 0. The van der Waals surface area contributed by atoms with Gasteiger partial charge in [0.05, 0.1) is 6.04 Å². The van der Waals surface area contributed by atoms with E-state index in [2.05, 4.69) is 49.2 Å². The lowest BCUT2D eigenvalue weighted by atomic mass is 9.87. The second-order valence-corrected chi connectivity index (χ2v) is 6.69. The van der Waals surface area contributed by atoms with Gasteiger partial charge < -0.3 is 10.2 Å². The van der Waals surface area contributed by atoms with Crippen LogP contribution in [0.1, 0.15) is 42.5 Å². The van der Waals surface area contributed by atoms with Crippen LogP contribution in [0.3, 0.4) is 0 Å². The monoisotopic (exact) mass is 322 g/mol. The van der Waals surface area contributed by atoms with Crippen molar-refractivity contribution >= 4 is 18.3 Å². The Kier molecular flexibility index (Phi) is 5.51. The maximum atomic E-state index is 12.9. The Morgan fingerprint density at radius 1 is 1.32 bits per heavy atom. The normalized spacial score (nSPS) is 22.9. The molecule has 3 rings (SSSR count). The SMILES string of the molecule is Cc1cccc(C2CCCN2C(=O)C(C)C2CNC2)c1C.Cl. The minimum Gasteiger partial charge on any atom is -0.335 e. The molecule has 2 atom stereocenters. The molecular formula is C18H27ClN2O. The molecule has 0 radical (unpaired) electrons. The van der Waals surface area contributed by atoms with E-state index in [9.17, 15) is 4.79 Å². The molecule has 2 fully saturated rings. The number of nitrogens with one attached hydrogen (secondary N) is 1. The summed E-state index contributed by atoms with van der Waals surface area (Å²) in [6.45, 7) is 9.35. The summed E-state index contributed by atoms with van der Waals surface area (Å²) in [5.74, 6) is 1.03. The zero-order valence-corrected chi connectivity index (χ0v) is 14.6. The van der Waals surface area contributed by atoms with Crippen molar-refractivity contribution < 1.29 is 4.79 Å². The maximum Gasteiger partial charge on any atom is 0.226 e. The third-order valence-corrected chi connectivity index (χ3v) is 5.45. The van der Waals surface area contributed by atoms with Gasteiger partial charge in [-0.15, -0.1) is 12.4 Å². The number of rotatable bonds is 3. The van der Waals surface area contributed by atoms with Crippen LogP contribution in [0.25, 0.3) is 0 Å². The van der Waals surface area contributed by atoms with Gasteiger partial charge in [-0.3, -0.25) is 4.79 Å². The van der Waals surface area contributed by atoms with Crippen LogP contribution in [0, 0.1) is 25.7 Å². The molecule has 3 nitrogen and oxygen atoms in total. The Bertz CT molecular complexity index is 542. The Balaban J connectivity index is 0.00000176. The molecule has 1 aromatic rings. The molecule has 4 heteroatoms. The fraction of sp³-hybridized carbons (Fsp3) is 0.611. The third-order valence-electron chi connectivity index (χ3n) is 5.45. The lowest BCUT2D eigenvalue weighted by Crippen LogP contribution is -2.50. The van der Waals surface area contributed by atoms with Crippen LogP contribution < -0.4 is 5.32 Å². The Morgan fingerprint density at radius 2 is 2.05 bits per heavy atom. The molecule has 2 heterocycles. The van der Waals surface area contributed by atoms with Crippen LogP contribution in [0.4, 0.5) is 0 Å². The van der Waals surface area contributed by atoms with Gasteiger partial charge in [-0.05, 0) is 62.4 Å². The molecule has 1 aromatic carbocycles. The minimum absolute atomic E-state index is 0. The molecule has 122 valence electrons. The summed E-state index contributed by atoms with van der Waals surface area (Å²) >= 11 is 0. The molecule has 0 saturated carbocycles. The van der Waals surface area contributed by atoms with Crippen LogP contribution in [0.2, 0.25) is 0 Å². The van der Waals surface area contributed by atoms with Gasteiger partial charge in [0, 0.05) is 12.5 Å². The first-order valence-corrected chi connectivity index (χ1v) is 8.17. The lowest BCUT2D eigenvalue weighted by Gasteiger charge is -2.36. The molecule has 1 N–H and O–H groups in total. The first-order chi connectivity index (χ1) is 10.1. The Hall–Kier alpha value is -1.06. The molecule has 0 aromatic heterocycles. The summed E-state index contributed by atoms with van der Waals surface area (Å²) < 4.78 is 0. The van der Waals surface area contributed by atoms with Gasteiger partial charge in [0.25, 0.3) is 0 Å². The van der Waals surface area contributed by atoms with Gasteiger partial charge in [0.1, 0.15) is 0 Å². The number of benzene rings is 1. The number of hydrogen-bond acceptors (Lipinski definition) is 2. The summed E-state index contributed by atoms with van der Waals surface area (Å²) in [5.41, 5.74) is 4.02. The van der Waals surface area contributed by atoms with Crippen molar-refractivity contribution in [2.45, 2.75) is 39.7 Å². The largest absolute Gasteiger partial charge is 0.335 e. The van der Waals surface area contributed by atoms with Gasteiger partial charge in [-0.25, -0.2) is 0 Å². The second-order valence-electron chi connectivity index (χ2n) is 6.69.